The molecule has 3 rings (SSSR count). The van der Waals surface area contributed by atoms with E-state index in [1.807, 2.05) is 30.3 Å². The van der Waals surface area contributed by atoms with Crippen molar-refractivity contribution in [3.63, 3.8) is 0 Å². The lowest BCUT2D eigenvalue weighted by atomic mass is 9.94. The average molecular weight is 336 g/mol. The van der Waals surface area contributed by atoms with Crippen LogP contribution in [0.1, 0.15) is 48.3 Å². The Morgan fingerprint density at radius 1 is 1.08 bits per heavy atom. The van der Waals surface area contributed by atoms with Gasteiger partial charge in [0.1, 0.15) is 5.75 Å². The standard InChI is InChI=1S/C22H24O3/c23-21(24)14-13-19-11-6-12-20(18-9-4-5-10-18)22(19)25-16-15-17-7-2-1-3-8-17/h1-3,6-8,11-14,18H,4-5,9-10,15-16H2,(H,23,24). The second kappa shape index (κ2) is 8.52. The lowest BCUT2D eigenvalue weighted by Crippen LogP contribution is -2.06. The Morgan fingerprint density at radius 2 is 1.84 bits per heavy atom. The molecule has 1 fully saturated rings. The van der Waals surface area contributed by atoms with E-state index in [-0.39, 0.29) is 0 Å². The third-order valence-corrected chi connectivity index (χ3v) is 4.76. The van der Waals surface area contributed by atoms with Crippen molar-refractivity contribution in [2.45, 2.75) is 38.0 Å². The normalized spacial score (nSPS) is 14.9. The molecule has 0 bridgehead atoms. The minimum Gasteiger partial charge on any atom is -0.492 e. The third-order valence-electron chi connectivity index (χ3n) is 4.76. The number of hydrogen-bond donors (Lipinski definition) is 1. The highest BCUT2D eigenvalue weighted by Gasteiger charge is 2.22. The lowest BCUT2D eigenvalue weighted by molar-refractivity contribution is -0.131. The minimum absolute atomic E-state index is 0.518. The molecule has 0 unspecified atom stereocenters. The number of hydrogen-bond acceptors (Lipinski definition) is 2. The van der Waals surface area contributed by atoms with Gasteiger partial charge in [-0.3, -0.25) is 0 Å². The maximum Gasteiger partial charge on any atom is 0.328 e. The van der Waals surface area contributed by atoms with Crippen molar-refractivity contribution in [2.75, 3.05) is 6.61 Å². The molecule has 130 valence electrons. The van der Waals surface area contributed by atoms with Crippen LogP contribution in [0.2, 0.25) is 0 Å². The Labute approximate surface area is 149 Å². The highest BCUT2D eigenvalue weighted by Crippen LogP contribution is 2.40. The van der Waals surface area contributed by atoms with Gasteiger partial charge in [0, 0.05) is 18.1 Å². The first-order chi connectivity index (χ1) is 12.2. The summed E-state index contributed by atoms with van der Waals surface area (Å²) >= 11 is 0. The summed E-state index contributed by atoms with van der Waals surface area (Å²) < 4.78 is 6.17. The Morgan fingerprint density at radius 3 is 2.56 bits per heavy atom. The summed E-state index contributed by atoms with van der Waals surface area (Å²) in [5.74, 6) is 0.425. The SMILES string of the molecule is O=C(O)C=Cc1cccc(C2CCCC2)c1OCCc1ccccc1. The first-order valence-electron chi connectivity index (χ1n) is 8.94. The largest absolute Gasteiger partial charge is 0.492 e. The van der Waals surface area contributed by atoms with E-state index in [4.69, 9.17) is 9.84 Å². The molecule has 0 heterocycles. The van der Waals surface area contributed by atoms with Crippen LogP contribution in [0, 0.1) is 0 Å². The maximum absolute atomic E-state index is 10.9. The van der Waals surface area contributed by atoms with Crippen LogP contribution in [0.5, 0.6) is 5.75 Å². The molecule has 1 N–H and O–H groups in total. The number of aliphatic carboxylic acids is 1. The van der Waals surface area contributed by atoms with Crippen LogP contribution in [0.15, 0.2) is 54.6 Å². The van der Waals surface area contributed by atoms with Crippen molar-refractivity contribution in [3.05, 3.63) is 71.3 Å². The molecule has 2 aromatic rings. The van der Waals surface area contributed by atoms with Gasteiger partial charge in [-0.25, -0.2) is 4.79 Å². The van der Waals surface area contributed by atoms with Crippen LogP contribution in [0.25, 0.3) is 6.08 Å². The van der Waals surface area contributed by atoms with Crippen molar-refractivity contribution in [1.29, 1.82) is 0 Å². The van der Waals surface area contributed by atoms with E-state index >= 15 is 0 Å². The molecule has 3 heteroatoms. The van der Waals surface area contributed by atoms with E-state index in [0.717, 1.165) is 17.7 Å². The third kappa shape index (κ3) is 4.72. The molecule has 0 saturated heterocycles. The zero-order valence-corrected chi connectivity index (χ0v) is 14.4. The predicted octanol–water partition coefficient (Wildman–Crippen LogP) is 5.06. The van der Waals surface area contributed by atoms with Gasteiger partial charge in [-0.15, -0.1) is 0 Å². The summed E-state index contributed by atoms with van der Waals surface area (Å²) in [6.07, 6.45) is 8.52. The quantitative estimate of drug-likeness (QED) is 0.719. The van der Waals surface area contributed by atoms with Crippen molar-refractivity contribution < 1.29 is 14.6 Å². The Bertz CT molecular complexity index is 728. The molecule has 0 radical (unpaired) electrons. The van der Waals surface area contributed by atoms with Gasteiger partial charge < -0.3 is 9.84 Å². The van der Waals surface area contributed by atoms with Gasteiger partial charge in [-0.05, 0) is 36.0 Å². The summed E-state index contributed by atoms with van der Waals surface area (Å²) in [5, 5.41) is 8.94. The van der Waals surface area contributed by atoms with Gasteiger partial charge in [0.25, 0.3) is 0 Å². The van der Waals surface area contributed by atoms with Crippen molar-refractivity contribution >= 4 is 12.0 Å². The molecule has 25 heavy (non-hydrogen) atoms. The second-order valence-electron chi connectivity index (χ2n) is 6.50. The van der Waals surface area contributed by atoms with Gasteiger partial charge >= 0.3 is 5.97 Å². The van der Waals surface area contributed by atoms with Crippen LogP contribution in [0.4, 0.5) is 0 Å². The summed E-state index contributed by atoms with van der Waals surface area (Å²) in [6.45, 7) is 0.585. The van der Waals surface area contributed by atoms with E-state index < -0.39 is 5.97 Å². The summed E-state index contributed by atoms with van der Waals surface area (Å²) in [4.78, 5) is 10.9. The van der Waals surface area contributed by atoms with Crippen LogP contribution >= 0.6 is 0 Å². The maximum atomic E-state index is 10.9. The topological polar surface area (TPSA) is 46.5 Å². The van der Waals surface area contributed by atoms with Gasteiger partial charge in [0.15, 0.2) is 0 Å². The van der Waals surface area contributed by atoms with Crippen molar-refractivity contribution in [3.8, 4) is 5.75 Å². The minimum atomic E-state index is -0.943. The Kier molecular flexibility index (Phi) is 5.89. The summed E-state index contributed by atoms with van der Waals surface area (Å²) in [7, 11) is 0. The van der Waals surface area contributed by atoms with Crippen LogP contribution in [0.3, 0.4) is 0 Å². The van der Waals surface area contributed by atoms with Crippen LogP contribution in [-0.4, -0.2) is 17.7 Å². The molecule has 1 saturated carbocycles. The van der Waals surface area contributed by atoms with E-state index in [2.05, 4.69) is 18.2 Å². The number of rotatable bonds is 7. The number of para-hydroxylation sites is 1. The molecule has 2 aromatic carbocycles. The van der Waals surface area contributed by atoms with Gasteiger partial charge in [0.2, 0.25) is 0 Å². The van der Waals surface area contributed by atoms with E-state index in [1.54, 1.807) is 6.08 Å². The molecule has 0 atom stereocenters. The van der Waals surface area contributed by atoms with Gasteiger partial charge in [0.05, 0.1) is 6.61 Å². The van der Waals surface area contributed by atoms with Crippen molar-refractivity contribution in [1.82, 2.24) is 0 Å². The number of ether oxygens (including phenoxy) is 1. The highest BCUT2D eigenvalue weighted by molar-refractivity contribution is 5.86. The van der Waals surface area contributed by atoms with Gasteiger partial charge in [-0.1, -0.05) is 61.4 Å². The zero-order chi connectivity index (χ0) is 17.5. The summed E-state index contributed by atoms with van der Waals surface area (Å²) in [6, 6.07) is 16.3. The fourth-order valence-electron chi connectivity index (χ4n) is 3.51. The average Bonchev–Trinajstić information content (AvgIpc) is 3.16. The predicted molar refractivity (Wildman–Crippen MR) is 100.0 cm³/mol. The number of carboxylic acid groups (broad SMARTS) is 1. The first kappa shape index (κ1) is 17.3. The summed E-state index contributed by atoms with van der Waals surface area (Å²) in [5.41, 5.74) is 3.31. The highest BCUT2D eigenvalue weighted by atomic mass is 16.5. The van der Waals surface area contributed by atoms with Crippen LogP contribution in [-0.2, 0) is 11.2 Å². The van der Waals surface area contributed by atoms with E-state index in [1.165, 1.54) is 42.9 Å². The van der Waals surface area contributed by atoms with Gasteiger partial charge in [-0.2, -0.15) is 0 Å². The molecular formula is C22H24O3. The smallest absolute Gasteiger partial charge is 0.328 e. The molecule has 1 aliphatic carbocycles. The van der Waals surface area contributed by atoms with Crippen LogP contribution < -0.4 is 4.74 Å². The number of benzene rings is 2. The Hall–Kier alpha value is -2.55. The fraction of sp³-hybridized carbons (Fsp3) is 0.318. The molecule has 3 nitrogen and oxygen atoms in total. The van der Waals surface area contributed by atoms with Crippen molar-refractivity contribution in [2.24, 2.45) is 0 Å². The monoisotopic (exact) mass is 336 g/mol. The fourth-order valence-corrected chi connectivity index (χ4v) is 3.51. The second-order valence-corrected chi connectivity index (χ2v) is 6.50. The molecular weight excluding hydrogens is 312 g/mol. The number of carbonyl (C=O) groups is 1. The molecule has 0 aliphatic heterocycles. The molecule has 0 aromatic heterocycles. The zero-order valence-electron chi connectivity index (χ0n) is 14.4. The van der Waals surface area contributed by atoms with E-state index in [9.17, 15) is 4.79 Å². The molecule has 0 amide bonds. The number of carboxylic acids is 1. The molecule has 0 spiro atoms. The first-order valence-corrected chi connectivity index (χ1v) is 8.94. The molecule has 1 aliphatic rings. The Balaban J connectivity index is 1.81. The lowest BCUT2D eigenvalue weighted by Gasteiger charge is -2.18. The van der Waals surface area contributed by atoms with E-state index in [0.29, 0.717) is 12.5 Å².